The molecule has 10 heavy (non-hydrogen) atoms. The van der Waals surface area contributed by atoms with Gasteiger partial charge in [-0.05, 0) is 7.05 Å². The molecule has 0 aliphatic rings. The van der Waals surface area contributed by atoms with E-state index in [2.05, 4.69) is 16.0 Å². The van der Waals surface area contributed by atoms with Crippen LogP contribution in [0.25, 0.3) is 0 Å². The van der Waals surface area contributed by atoms with Crippen LogP contribution < -0.4 is 10.9 Å². The Bertz CT molecular complexity index is 193. The lowest BCUT2D eigenvalue weighted by Gasteiger charge is -1.96. The van der Waals surface area contributed by atoms with Crippen molar-refractivity contribution >= 4 is 0 Å². The van der Waals surface area contributed by atoms with Crippen molar-refractivity contribution in [2.45, 2.75) is 6.54 Å². The summed E-state index contributed by atoms with van der Waals surface area (Å²) in [5, 5.41) is 4.02. The first-order valence-corrected chi connectivity index (χ1v) is 3.20. The highest BCUT2D eigenvalue weighted by molar-refractivity contribution is 5.02. The summed E-state index contributed by atoms with van der Waals surface area (Å²) in [6, 6.07) is 0. The number of hydrazine groups is 1. The first kappa shape index (κ1) is 7.24. The van der Waals surface area contributed by atoms with E-state index in [9.17, 15) is 0 Å². The summed E-state index contributed by atoms with van der Waals surface area (Å²) in [5.74, 6) is 0. The Hall–Kier alpha value is -0.870. The van der Waals surface area contributed by atoms with Gasteiger partial charge in [0.2, 0.25) is 0 Å². The second-order valence-electron chi connectivity index (χ2n) is 2.13. The highest BCUT2D eigenvalue weighted by Crippen LogP contribution is 1.92. The molecule has 0 saturated heterocycles. The molecule has 2 N–H and O–H groups in total. The fourth-order valence-electron chi connectivity index (χ4n) is 0.754. The maximum absolute atomic E-state index is 4.02. The van der Waals surface area contributed by atoms with Crippen LogP contribution in [0.15, 0.2) is 12.4 Å². The van der Waals surface area contributed by atoms with E-state index >= 15 is 0 Å². The zero-order valence-corrected chi connectivity index (χ0v) is 6.26. The molecule has 0 bridgehead atoms. The number of nitrogens with one attached hydrogen (secondary N) is 2. The molecule has 0 aliphatic carbocycles. The molecule has 0 radical (unpaired) electrons. The highest BCUT2D eigenvalue weighted by atomic mass is 15.3. The van der Waals surface area contributed by atoms with Crippen LogP contribution in [0.2, 0.25) is 0 Å². The van der Waals surface area contributed by atoms with E-state index in [-0.39, 0.29) is 0 Å². The lowest BCUT2D eigenvalue weighted by atomic mass is 10.4. The van der Waals surface area contributed by atoms with Crippen LogP contribution in [0.1, 0.15) is 5.56 Å². The molecular weight excluding hydrogens is 128 g/mol. The van der Waals surface area contributed by atoms with Gasteiger partial charge in [0.1, 0.15) is 0 Å². The standard InChI is InChI=1S/C6H12N4/c1-7-8-3-6-4-9-10(2)5-6/h4-5,7-8H,3H2,1-2H3. The van der Waals surface area contributed by atoms with E-state index in [1.54, 1.807) is 4.68 Å². The van der Waals surface area contributed by atoms with Crippen molar-refractivity contribution in [3.63, 3.8) is 0 Å². The lowest BCUT2D eigenvalue weighted by molar-refractivity contribution is 0.596. The van der Waals surface area contributed by atoms with Crippen LogP contribution in [-0.4, -0.2) is 16.8 Å². The van der Waals surface area contributed by atoms with Gasteiger partial charge in [-0.15, -0.1) is 0 Å². The second kappa shape index (κ2) is 3.34. The third-order valence-electron chi connectivity index (χ3n) is 1.23. The van der Waals surface area contributed by atoms with Crippen LogP contribution in [0.3, 0.4) is 0 Å². The van der Waals surface area contributed by atoms with Crippen LogP contribution in [-0.2, 0) is 13.6 Å². The van der Waals surface area contributed by atoms with Crippen molar-refractivity contribution in [3.05, 3.63) is 18.0 Å². The van der Waals surface area contributed by atoms with E-state index in [1.807, 2.05) is 26.5 Å². The van der Waals surface area contributed by atoms with Gasteiger partial charge in [-0.2, -0.15) is 5.10 Å². The van der Waals surface area contributed by atoms with Gasteiger partial charge in [-0.3, -0.25) is 15.5 Å². The lowest BCUT2D eigenvalue weighted by Crippen LogP contribution is -2.26. The molecule has 4 heteroatoms. The fraction of sp³-hybridized carbons (Fsp3) is 0.500. The number of aromatic nitrogens is 2. The minimum atomic E-state index is 0.810. The molecule has 0 spiro atoms. The maximum Gasteiger partial charge on any atom is 0.0535 e. The molecular formula is C6H12N4. The van der Waals surface area contributed by atoms with E-state index in [4.69, 9.17) is 0 Å². The van der Waals surface area contributed by atoms with Crippen molar-refractivity contribution in [1.29, 1.82) is 0 Å². The van der Waals surface area contributed by atoms with E-state index in [0.29, 0.717) is 0 Å². The van der Waals surface area contributed by atoms with Crippen LogP contribution in [0.4, 0.5) is 0 Å². The first-order valence-electron chi connectivity index (χ1n) is 3.20. The van der Waals surface area contributed by atoms with Gasteiger partial charge in [0.25, 0.3) is 0 Å². The van der Waals surface area contributed by atoms with Gasteiger partial charge in [0.15, 0.2) is 0 Å². The monoisotopic (exact) mass is 140 g/mol. The predicted octanol–water partition coefficient (Wildman–Crippen LogP) is -0.356. The predicted molar refractivity (Wildman–Crippen MR) is 39.1 cm³/mol. The molecule has 1 aromatic rings. The number of nitrogens with zero attached hydrogens (tertiary/aromatic N) is 2. The molecule has 0 amide bonds. The molecule has 0 aliphatic heterocycles. The highest BCUT2D eigenvalue weighted by Gasteiger charge is 1.91. The van der Waals surface area contributed by atoms with E-state index in [1.165, 1.54) is 5.56 Å². The van der Waals surface area contributed by atoms with Crippen molar-refractivity contribution in [1.82, 2.24) is 20.6 Å². The largest absolute Gasteiger partial charge is 0.275 e. The van der Waals surface area contributed by atoms with Gasteiger partial charge in [0.05, 0.1) is 6.20 Å². The van der Waals surface area contributed by atoms with Gasteiger partial charge in [-0.1, -0.05) is 0 Å². The number of aryl methyl sites for hydroxylation is 1. The summed E-state index contributed by atoms with van der Waals surface area (Å²) in [6.07, 6.45) is 3.81. The van der Waals surface area contributed by atoms with E-state index in [0.717, 1.165) is 6.54 Å². The fourth-order valence-corrected chi connectivity index (χ4v) is 0.754. The summed E-state index contributed by atoms with van der Waals surface area (Å²) in [4.78, 5) is 0. The van der Waals surface area contributed by atoms with Gasteiger partial charge in [0, 0.05) is 25.4 Å². The Morgan fingerprint density at radius 2 is 2.50 bits per heavy atom. The van der Waals surface area contributed by atoms with Gasteiger partial charge in [-0.25, -0.2) is 0 Å². The Morgan fingerprint density at radius 1 is 1.70 bits per heavy atom. The molecule has 0 saturated carbocycles. The van der Waals surface area contributed by atoms with Crippen LogP contribution in [0, 0.1) is 0 Å². The second-order valence-corrected chi connectivity index (χ2v) is 2.13. The van der Waals surface area contributed by atoms with Crippen molar-refractivity contribution in [3.8, 4) is 0 Å². The minimum absolute atomic E-state index is 0.810. The minimum Gasteiger partial charge on any atom is -0.275 e. The van der Waals surface area contributed by atoms with Crippen molar-refractivity contribution in [2.75, 3.05) is 7.05 Å². The van der Waals surface area contributed by atoms with Crippen LogP contribution >= 0.6 is 0 Å². The topological polar surface area (TPSA) is 41.9 Å². The number of hydrogen-bond donors (Lipinski definition) is 2. The summed E-state index contributed by atoms with van der Waals surface area (Å²) < 4.78 is 1.78. The molecule has 0 atom stereocenters. The first-order chi connectivity index (χ1) is 4.83. The zero-order chi connectivity index (χ0) is 7.40. The molecule has 1 aromatic heterocycles. The van der Waals surface area contributed by atoms with Crippen molar-refractivity contribution < 1.29 is 0 Å². The zero-order valence-electron chi connectivity index (χ0n) is 6.26. The SMILES string of the molecule is CNNCc1cnn(C)c1. The Labute approximate surface area is 60.2 Å². The number of hydrogen-bond acceptors (Lipinski definition) is 3. The third kappa shape index (κ3) is 1.82. The molecule has 0 fully saturated rings. The van der Waals surface area contributed by atoms with Gasteiger partial charge >= 0.3 is 0 Å². The summed E-state index contributed by atoms with van der Waals surface area (Å²) in [7, 11) is 3.75. The summed E-state index contributed by atoms with van der Waals surface area (Å²) in [6.45, 7) is 0.810. The molecule has 1 heterocycles. The normalized spacial score (nSPS) is 10.2. The third-order valence-corrected chi connectivity index (χ3v) is 1.23. The molecule has 0 aromatic carbocycles. The smallest absolute Gasteiger partial charge is 0.0535 e. The van der Waals surface area contributed by atoms with Crippen molar-refractivity contribution in [2.24, 2.45) is 7.05 Å². The Morgan fingerprint density at radius 3 is 3.00 bits per heavy atom. The average molecular weight is 140 g/mol. The molecule has 4 nitrogen and oxygen atoms in total. The Balaban J connectivity index is 2.42. The summed E-state index contributed by atoms with van der Waals surface area (Å²) in [5.41, 5.74) is 6.99. The van der Waals surface area contributed by atoms with Gasteiger partial charge < -0.3 is 0 Å². The summed E-state index contributed by atoms with van der Waals surface area (Å²) >= 11 is 0. The molecule has 1 rings (SSSR count). The maximum atomic E-state index is 4.02. The molecule has 0 unspecified atom stereocenters. The average Bonchev–Trinajstić information content (AvgIpc) is 2.31. The van der Waals surface area contributed by atoms with E-state index < -0.39 is 0 Å². The Kier molecular flexibility index (Phi) is 2.42. The molecule has 56 valence electrons. The van der Waals surface area contributed by atoms with Crippen LogP contribution in [0.5, 0.6) is 0 Å². The quantitative estimate of drug-likeness (QED) is 0.564. The number of rotatable bonds is 3.